The van der Waals surface area contributed by atoms with E-state index in [2.05, 4.69) is 90.5 Å². The third-order valence-corrected chi connectivity index (χ3v) is 6.23. The average molecular weight is 392 g/mol. The van der Waals surface area contributed by atoms with Gasteiger partial charge in [0, 0.05) is 37.3 Å². The molecule has 146 valence electrons. The monoisotopic (exact) mass is 391 g/mol. The van der Waals surface area contributed by atoms with Crippen LogP contribution in [0, 0.1) is 6.92 Å². The minimum Gasteiger partial charge on any atom is -0.381 e. The van der Waals surface area contributed by atoms with Crippen LogP contribution >= 0.6 is 11.8 Å². The third-order valence-electron chi connectivity index (χ3n) is 5.05. The van der Waals surface area contributed by atoms with Gasteiger partial charge < -0.3 is 9.47 Å². The molecule has 0 spiro atoms. The first kappa shape index (κ1) is 20.3. The summed E-state index contributed by atoms with van der Waals surface area (Å²) in [6, 6.07) is 17.4. The van der Waals surface area contributed by atoms with Crippen molar-refractivity contribution in [2.24, 2.45) is 7.05 Å². The molecule has 3 rings (SSSR count). The summed E-state index contributed by atoms with van der Waals surface area (Å²) in [6.45, 7) is 8.52. The van der Waals surface area contributed by atoms with Gasteiger partial charge >= 0.3 is 0 Å². The van der Waals surface area contributed by atoms with Crippen LogP contribution < -0.4 is 0 Å². The molecule has 0 radical (unpaired) electrons. The Morgan fingerprint density at radius 2 is 1.75 bits per heavy atom. The second-order valence-corrected chi connectivity index (χ2v) is 8.67. The molecule has 2 aromatic carbocycles. The summed E-state index contributed by atoms with van der Waals surface area (Å²) in [7, 11) is 6.15. The van der Waals surface area contributed by atoms with E-state index in [0.717, 1.165) is 28.4 Å². The molecule has 0 N–H and O–H groups in total. The number of benzene rings is 2. The number of aromatic nitrogens is 2. The molecule has 0 aliphatic carbocycles. The van der Waals surface area contributed by atoms with Gasteiger partial charge in [-0.3, -0.25) is 0 Å². The summed E-state index contributed by atoms with van der Waals surface area (Å²) in [4.78, 5) is 7.98. The number of hydrogen-bond acceptors (Lipinski definition) is 3. The molecule has 0 aliphatic rings. The lowest BCUT2D eigenvalue weighted by molar-refractivity contribution is 0.474. The fraction of sp³-hybridized carbons (Fsp3) is 0.292. The minimum absolute atomic E-state index is 0.439. The Morgan fingerprint density at radius 3 is 2.36 bits per heavy atom. The van der Waals surface area contributed by atoms with Crippen LogP contribution in [0.1, 0.15) is 30.4 Å². The summed E-state index contributed by atoms with van der Waals surface area (Å²) < 4.78 is 2.09. The van der Waals surface area contributed by atoms with Gasteiger partial charge in [-0.2, -0.15) is 0 Å². The molecule has 0 bridgehead atoms. The van der Waals surface area contributed by atoms with Gasteiger partial charge in [-0.15, -0.1) is 0 Å². The summed E-state index contributed by atoms with van der Waals surface area (Å²) >= 11 is 1.76. The molecule has 0 amide bonds. The number of nitrogens with zero attached hydrogens (tertiary/aromatic N) is 3. The van der Waals surface area contributed by atoms with Crippen molar-refractivity contribution < 1.29 is 0 Å². The highest BCUT2D eigenvalue weighted by Gasteiger charge is 2.14. The van der Waals surface area contributed by atoms with E-state index in [1.165, 1.54) is 16.0 Å². The zero-order chi connectivity index (χ0) is 20.3. The summed E-state index contributed by atoms with van der Waals surface area (Å²) in [5.74, 6) is 0.439. The maximum Gasteiger partial charge on any atom is 0.107 e. The molecule has 3 aromatic rings. The molecule has 0 saturated heterocycles. The van der Waals surface area contributed by atoms with Crippen molar-refractivity contribution in [3.8, 4) is 11.3 Å². The van der Waals surface area contributed by atoms with Crippen LogP contribution in [-0.2, 0) is 7.05 Å². The van der Waals surface area contributed by atoms with Crippen LogP contribution in [0.15, 0.2) is 77.1 Å². The van der Waals surface area contributed by atoms with Gasteiger partial charge in [0.2, 0.25) is 0 Å². The first-order valence-electron chi connectivity index (χ1n) is 9.56. The van der Waals surface area contributed by atoms with Crippen LogP contribution in [0.5, 0.6) is 0 Å². The molecule has 3 nitrogen and oxygen atoms in total. The van der Waals surface area contributed by atoms with Crippen LogP contribution in [-0.4, -0.2) is 28.5 Å². The van der Waals surface area contributed by atoms with Gasteiger partial charge in [-0.1, -0.05) is 67.2 Å². The second-order valence-electron chi connectivity index (χ2n) is 7.61. The smallest absolute Gasteiger partial charge is 0.107 e. The number of hydrogen-bond donors (Lipinski definition) is 0. The molecule has 28 heavy (non-hydrogen) atoms. The van der Waals surface area contributed by atoms with E-state index in [1.807, 2.05) is 20.4 Å². The maximum absolute atomic E-state index is 4.67. The zero-order valence-electron chi connectivity index (χ0n) is 17.4. The highest BCUT2D eigenvalue weighted by atomic mass is 32.2. The van der Waals surface area contributed by atoms with Gasteiger partial charge in [0.25, 0.3) is 0 Å². The Labute approximate surface area is 173 Å². The van der Waals surface area contributed by atoms with Gasteiger partial charge in [0.05, 0.1) is 6.33 Å². The maximum atomic E-state index is 4.67. The Bertz CT molecular complexity index is 937. The van der Waals surface area contributed by atoms with Crippen molar-refractivity contribution in [3.05, 3.63) is 78.3 Å². The topological polar surface area (TPSA) is 21.1 Å². The lowest BCUT2D eigenvalue weighted by atomic mass is 9.95. The number of allylic oxidation sites excluding steroid dienone is 1. The third kappa shape index (κ3) is 4.68. The van der Waals surface area contributed by atoms with Crippen molar-refractivity contribution in [1.82, 2.24) is 14.5 Å². The summed E-state index contributed by atoms with van der Waals surface area (Å²) in [6.07, 6.45) is 2.86. The predicted octanol–water partition coefficient (Wildman–Crippen LogP) is 6.12. The number of imidazole rings is 1. The fourth-order valence-corrected chi connectivity index (χ4v) is 4.03. The minimum atomic E-state index is 0.439. The van der Waals surface area contributed by atoms with Gasteiger partial charge in [-0.05, 0) is 37.0 Å². The Kier molecular flexibility index (Phi) is 6.30. The zero-order valence-corrected chi connectivity index (χ0v) is 18.3. The number of aryl methyl sites for hydroxylation is 2. The largest absolute Gasteiger partial charge is 0.381 e. The molecular weight excluding hydrogens is 362 g/mol. The standard InChI is InChI=1S/C24H29N3S/c1-17-7-13-22(14-8-17)28-24-23(25-16-27(24)6)21-11-9-20(10-12-21)18(2)15-19(3)26(4)5/h7-14,16,18H,3,15H2,1-2,4-6H3/t18-/m1/s1. The molecule has 1 heterocycles. The van der Waals surface area contributed by atoms with Crippen molar-refractivity contribution >= 4 is 11.8 Å². The first-order chi connectivity index (χ1) is 13.3. The second kappa shape index (κ2) is 8.70. The van der Waals surface area contributed by atoms with E-state index in [9.17, 15) is 0 Å². The Morgan fingerprint density at radius 1 is 1.11 bits per heavy atom. The highest BCUT2D eigenvalue weighted by molar-refractivity contribution is 7.99. The predicted molar refractivity (Wildman–Crippen MR) is 120 cm³/mol. The Balaban J connectivity index is 1.81. The normalized spacial score (nSPS) is 12.0. The molecule has 4 heteroatoms. The van der Waals surface area contributed by atoms with Crippen molar-refractivity contribution in [3.63, 3.8) is 0 Å². The van der Waals surface area contributed by atoms with Gasteiger partial charge in [0.15, 0.2) is 0 Å². The Hall–Kier alpha value is -2.46. The lowest BCUT2D eigenvalue weighted by Crippen LogP contribution is -2.12. The van der Waals surface area contributed by atoms with Crippen LogP contribution in [0.2, 0.25) is 0 Å². The SMILES string of the molecule is C=C(C[C@@H](C)c1ccc(-c2ncn(C)c2Sc2ccc(C)cc2)cc1)N(C)C. The highest BCUT2D eigenvalue weighted by Crippen LogP contribution is 2.35. The van der Waals surface area contributed by atoms with Crippen LogP contribution in [0.3, 0.4) is 0 Å². The molecule has 0 fully saturated rings. The molecule has 0 saturated carbocycles. The summed E-state index contributed by atoms with van der Waals surface area (Å²) in [5, 5.41) is 1.16. The average Bonchev–Trinajstić information content (AvgIpc) is 3.04. The number of rotatable bonds is 7. The molecule has 1 aromatic heterocycles. The van der Waals surface area contributed by atoms with Crippen molar-refractivity contribution in [2.45, 2.75) is 36.1 Å². The van der Waals surface area contributed by atoms with E-state index < -0.39 is 0 Å². The van der Waals surface area contributed by atoms with E-state index in [0.29, 0.717) is 5.92 Å². The van der Waals surface area contributed by atoms with Crippen LogP contribution in [0.25, 0.3) is 11.3 Å². The van der Waals surface area contributed by atoms with Crippen molar-refractivity contribution in [1.29, 1.82) is 0 Å². The lowest BCUT2D eigenvalue weighted by Gasteiger charge is -2.20. The van der Waals surface area contributed by atoms with E-state index in [1.54, 1.807) is 11.8 Å². The quantitative estimate of drug-likeness (QED) is 0.484. The molecule has 0 aliphatic heterocycles. The van der Waals surface area contributed by atoms with Gasteiger partial charge in [-0.25, -0.2) is 4.98 Å². The summed E-state index contributed by atoms with van der Waals surface area (Å²) in [5.41, 5.74) is 5.94. The first-order valence-corrected chi connectivity index (χ1v) is 10.4. The van der Waals surface area contributed by atoms with Crippen molar-refractivity contribution in [2.75, 3.05) is 14.1 Å². The van der Waals surface area contributed by atoms with E-state index in [-0.39, 0.29) is 0 Å². The van der Waals surface area contributed by atoms with E-state index in [4.69, 9.17) is 0 Å². The van der Waals surface area contributed by atoms with Crippen LogP contribution in [0.4, 0.5) is 0 Å². The fourth-order valence-electron chi connectivity index (χ4n) is 3.08. The molecule has 1 atom stereocenters. The van der Waals surface area contributed by atoms with Gasteiger partial charge in [0.1, 0.15) is 10.7 Å². The van der Waals surface area contributed by atoms with E-state index >= 15 is 0 Å². The molecular formula is C24H29N3S. The molecule has 0 unspecified atom stereocenters.